The molecule has 2 saturated heterocycles. The molecule has 1 aromatic carbocycles. The van der Waals surface area contributed by atoms with Gasteiger partial charge in [-0.15, -0.1) is 10.2 Å². The van der Waals surface area contributed by atoms with Gasteiger partial charge in [0.05, 0.1) is 0 Å². The molecule has 1 atom stereocenters. The van der Waals surface area contributed by atoms with E-state index in [2.05, 4.69) is 20.0 Å². The van der Waals surface area contributed by atoms with Crippen molar-refractivity contribution in [2.45, 2.75) is 31.7 Å². The zero-order chi connectivity index (χ0) is 15.6. The van der Waals surface area contributed by atoms with E-state index in [-0.39, 0.29) is 5.82 Å². The number of piperazine rings is 1. The fourth-order valence-electron chi connectivity index (χ4n) is 3.55. The highest BCUT2D eigenvalue weighted by atomic mass is 32.1. The van der Waals surface area contributed by atoms with Gasteiger partial charge in [-0.25, -0.2) is 4.39 Å². The number of hydrogen-bond acceptors (Lipinski definition) is 5. The zero-order valence-corrected chi connectivity index (χ0v) is 13.9. The molecule has 0 spiro atoms. The first kappa shape index (κ1) is 15.0. The molecule has 2 aromatic rings. The maximum absolute atomic E-state index is 13.0. The Morgan fingerprint density at radius 2 is 1.96 bits per heavy atom. The van der Waals surface area contributed by atoms with E-state index in [1.165, 1.54) is 37.9 Å². The average molecular weight is 332 g/mol. The van der Waals surface area contributed by atoms with Crippen LogP contribution >= 0.6 is 11.3 Å². The third-order valence-electron chi connectivity index (χ3n) is 4.83. The zero-order valence-electron chi connectivity index (χ0n) is 13.1. The van der Waals surface area contributed by atoms with Gasteiger partial charge in [0.1, 0.15) is 10.8 Å². The highest BCUT2D eigenvalue weighted by Crippen LogP contribution is 2.27. The van der Waals surface area contributed by atoms with Gasteiger partial charge in [0, 0.05) is 32.1 Å². The molecule has 2 aliphatic heterocycles. The van der Waals surface area contributed by atoms with Crippen LogP contribution in [0.4, 0.5) is 9.52 Å². The largest absolute Gasteiger partial charge is 0.344 e. The van der Waals surface area contributed by atoms with E-state index in [1.54, 1.807) is 11.3 Å². The average Bonchev–Trinajstić information content (AvgIpc) is 3.05. The number of hydrogen-bond donors (Lipinski definition) is 0. The SMILES string of the molecule is Fc1ccc(Cc2nnc(N3CCN4CCCCC4C3)s2)cc1. The molecule has 0 radical (unpaired) electrons. The summed E-state index contributed by atoms with van der Waals surface area (Å²) in [6, 6.07) is 7.31. The Bertz CT molecular complexity index is 657. The van der Waals surface area contributed by atoms with E-state index >= 15 is 0 Å². The number of piperidine rings is 1. The summed E-state index contributed by atoms with van der Waals surface area (Å²) in [4.78, 5) is 5.01. The van der Waals surface area contributed by atoms with Crippen LogP contribution in [-0.4, -0.2) is 47.3 Å². The van der Waals surface area contributed by atoms with Gasteiger partial charge in [0.2, 0.25) is 5.13 Å². The Morgan fingerprint density at radius 3 is 2.83 bits per heavy atom. The summed E-state index contributed by atoms with van der Waals surface area (Å²) >= 11 is 1.67. The van der Waals surface area contributed by atoms with Crippen LogP contribution in [0.25, 0.3) is 0 Å². The molecule has 0 aliphatic carbocycles. The molecule has 1 aromatic heterocycles. The quantitative estimate of drug-likeness (QED) is 0.865. The molecular weight excluding hydrogens is 311 g/mol. The summed E-state index contributed by atoms with van der Waals surface area (Å²) in [5.41, 5.74) is 1.08. The first-order chi connectivity index (χ1) is 11.3. The van der Waals surface area contributed by atoms with Crippen molar-refractivity contribution in [2.75, 3.05) is 31.1 Å². The van der Waals surface area contributed by atoms with E-state index in [1.807, 2.05) is 12.1 Å². The molecule has 4 nitrogen and oxygen atoms in total. The van der Waals surface area contributed by atoms with Gasteiger partial charge in [0.25, 0.3) is 0 Å². The van der Waals surface area contributed by atoms with E-state index in [9.17, 15) is 4.39 Å². The van der Waals surface area contributed by atoms with Crippen LogP contribution in [0.1, 0.15) is 29.8 Å². The maximum Gasteiger partial charge on any atom is 0.208 e. The third kappa shape index (κ3) is 3.38. The van der Waals surface area contributed by atoms with E-state index in [0.29, 0.717) is 6.04 Å². The second-order valence-corrected chi connectivity index (χ2v) is 7.45. The fraction of sp³-hybridized carbons (Fsp3) is 0.529. The normalized spacial score (nSPS) is 22.1. The first-order valence-corrected chi connectivity index (χ1v) is 9.15. The number of aromatic nitrogens is 2. The van der Waals surface area contributed by atoms with E-state index in [4.69, 9.17) is 0 Å². The number of fused-ring (bicyclic) bond motifs is 1. The smallest absolute Gasteiger partial charge is 0.208 e. The lowest BCUT2D eigenvalue weighted by Crippen LogP contribution is -2.54. The molecule has 23 heavy (non-hydrogen) atoms. The van der Waals surface area contributed by atoms with Crippen LogP contribution in [0.2, 0.25) is 0 Å². The molecule has 0 bridgehead atoms. The molecule has 4 rings (SSSR count). The molecule has 1 unspecified atom stereocenters. The van der Waals surface area contributed by atoms with E-state index < -0.39 is 0 Å². The van der Waals surface area contributed by atoms with Gasteiger partial charge in [0.15, 0.2) is 0 Å². The number of benzene rings is 1. The Labute approximate surface area is 139 Å². The lowest BCUT2D eigenvalue weighted by Gasteiger charge is -2.43. The summed E-state index contributed by atoms with van der Waals surface area (Å²) < 4.78 is 13.0. The second kappa shape index (κ2) is 6.53. The predicted molar refractivity (Wildman–Crippen MR) is 90.5 cm³/mol. The van der Waals surface area contributed by atoms with Crippen molar-refractivity contribution < 1.29 is 4.39 Å². The van der Waals surface area contributed by atoms with Gasteiger partial charge < -0.3 is 4.90 Å². The standard InChI is InChI=1S/C17H21FN4S/c18-14-6-4-13(5-7-14)11-16-19-20-17(23-16)22-10-9-21-8-2-1-3-15(21)12-22/h4-7,15H,1-3,8-12H2. The van der Waals surface area contributed by atoms with Crippen LogP contribution in [0.5, 0.6) is 0 Å². The van der Waals surface area contributed by atoms with Crippen LogP contribution < -0.4 is 4.90 Å². The van der Waals surface area contributed by atoms with Crippen molar-refractivity contribution in [1.29, 1.82) is 0 Å². The molecular formula is C17H21FN4S. The van der Waals surface area contributed by atoms with Crippen molar-refractivity contribution in [3.8, 4) is 0 Å². The lowest BCUT2D eigenvalue weighted by atomic mass is 10.00. The fourth-order valence-corrected chi connectivity index (χ4v) is 4.46. The Hall–Kier alpha value is -1.53. The predicted octanol–water partition coefficient (Wildman–Crippen LogP) is 2.94. The second-order valence-electron chi connectivity index (χ2n) is 6.41. The van der Waals surface area contributed by atoms with Crippen molar-refractivity contribution in [3.05, 3.63) is 40.7 Å². The topological polar surface area (TPSA) is 32.3 Å². The summed E-state index contributed by atoms with van der Waals surface area (Å²) in [6.45, 7) is 4.51. The van der Waals surface area contributed by atoms with Crippen molar-refractivity contribution in [2.24, 2.45) is 0 Å². The van der Waals surface area contributed by atoms with Crippen molar-refractivity contribution in [1.82, 2.24) is 15.1 Å². The van der Waals surface area contributed by atoms with Crippen molar-refractivity contribution in [3.63, 3.8) is 0 Å². The Kier molecular flexibility index (Phi) is 4.27. The summed E-state index contributed by atoms with van der Waals surface area (Å²) in [5.74, 6) is -0.197. The molecule has 0 amide bonds. The maximum atomic E-state index is 13.0. The van der Waals surface area contributed by atoms with E-state index in [0.717, 1.165) is 41.8 Å². The molecule has 122 valence electrons. The Balaban J connectivity index is 1.42. The summed E-state index contributed by atoms with van der Waals surface area (Å²) in [5, 5.41) is 10.8. The lowest BCUT2D eigenvalue weighted by molar-refractivity contribution is 0.133. The minimum Gasteiger partial charge on any atom is -0.344 e. The van der Waals surface area contributed by atoms with Crippen LogP contribution in [-0.2, 0) is 6.42 Å². The molecule has 0 N–H and O–H groups in total. The van der Waals surface area contributed by atoms with Crippen LogP contribution in [0, 0.1) is 5.82 Å². The minimum absolute atomic E-state index is 0.197. The van der Waals surface area contributed by atoms with Gasteiger partial charge in [-0.2, -0.15) is 0 Å². The summed E-state index contributed by atoms with van der Waals surface area (Å²) in [7, 11) is 0. The molecule has 2 fully saturated rings. The van der Waals surface area contributed by atoms with Gasteiger partial charge in [-0.05, 0) is 37.1 Å². The molecule has 2 aliphatic rings. The Morgan fingerprint density at radius 1 is 1.09 bits per heavy atom. The number of nitrogens with zero attached hydrogens (tertiary/aromatic N) is 4. The van der Waals surface area contributed by atoms with Gasteiger partial charge in [-0.3, -0.25) is 4.90 Å². The summed E-state index contributed by atoms with van der Waals surface area (Å²) in [6.07, 6.45) is 4.72. The number of halogens is 1. The van der Waals surface area contributed by atoms with Crippen LogP contribution in [0.3, 0.4) is 0 Å². The molecule has 6 heteroatoms. The highest BCUT2D eigenvalue weighted by molar-refractivity contribution is 7.15. The van der Waals surface area contributed by atoms with Crippen LogP contribution in [0.15, 0.2) is 24.3 Å². The minimum atomic E-state index is -0.197. The van der Waals surface area contributed by atoms with Gasteiger partial charge in [-0.1, -0.05) is 29.9 Å². The molecule has 0 saturated carbocycles. The third-order valence-corrected chi connectivity index (χ3v) is 5.82. The molecule has 3 heterocycles. The number of rotatable bonds is 3. The monoisotopic (exact) mass is 332 g/mol. The van der Waals surface area contributed by atoms with Gasteiger partial charge >= 0.3 is 0 Å². The van der Waals surface area contributed by atoms with Crippen molar-refractivity contribution >= 4 is 16.5 Å². The highest BCUT2D eigenvalue weighted by Gasteiger charge is 2.30. The first-order valence-electron chi connectivity index (χ1n) is 8.34. The number of anilines is 1.